The highest BCUT2D eigenvalue weighted by Gasteiger charge is 2.11. The Balaban J connectivity index is 2.30. The highest BCUT2D eigenvalue weighted by atomic mass is 32.2. The molecule has 1 fully saturated rings. The van der Waals surface area contributed by atoms with Crippen LogP contribution in [0.5, 0.6) is 0 Å². The molecule has 1 saturated heterocycles. The lowest BCUT2D eigenvalue weighted by Crippen LogP contribution is -2.43. The van der Waals surface area contributed by atoms with Gasteiger partial charge in [-0.1, -0.05) is 0 Å². The zero-order valence-corrected chi connectivity index (χ0v) is 15.1. The third kappa shape index (κ3) is 9.25. The normalized spacial score (nSPS) is 18.4. The van der Waals surface area contributed by atoms with E-state index in [1.54, 1.807) is 0 Å². The van der Waals surface area contributed by atoms with E-state index in [0.29, 0.717) is 6.42 Å². The summed E-state index contributed by atoms with van der Waals surface area (Å²) in [6.45, 7) is 9.19. The fourth-order valence-corrected chi connectivity index (χ4v) is 3.29. The van der Waals surface area contributed by atoms with Crippen molar-refractivity contribution in [2.45, 2.75) is 45.6 Å². The van der Waals surface area contributed by atoms with Crippen LogP contribution in [-0.2, 0) is 9.84 Å². The molecular weight excluding hydrogens is 300 g/mol. The number of nitrogens with one attached hydrogen (secondary N) is 2. The number of hydrogen-bond donors (Lipinski definition) is 2. The van der Waals surface area contributed by atoms with E-state index in [2.05, 4.69) is 20.5 Å². The lowest BCUT2D eigenvalue weighted by Gasteiger charge is -2.18. The Morgan fingerprint density at radius 3 is 2.59 bits per heavy atom. The molecule has 7 heteroatoms. The molecule has 0 aromatic carbocycles. The van der Waals surface area contributed by atoms with E-state index in [1.807, 2.05) is 13.8 Å². The summed E-state index contributed by atoms with van der Waals surface area (Å²) in [5.74, 6) is 0.986. The molecule has 0 aromatic heterocycles. The smallest absolute Gasteiger partial charge is 0.191 e. The number of aliphatic imine (C=N–C) groups is 1. The van der Waals surface area contributed by atoms with Gasteiger partial charge in [0.15, 0.2) is 5.96 Å². The molecule has 1 unspecified atom stereocenters. The van der Waals surface area contributed by atoms with Crippen molar-refractivity contribution in [2.24, 2.45) is 4.99 Å². The first-order chi connectivity index (χ1) is 10.4. The molecular formula is C15H32N4O2S. The highest BCUT2D eigenvalue weighted by molar-refractivity contribution is 7.90. The van der Waals surface area contributed by atoms with E-state index in [-0.39, 0.29) is 11.8 Å². The van der Waals surface area contributed by atoms with E-state index in [4.69, 9.17) is 0 Å². The third-order valence-corrected chi connectivity index (χ3v) is 4.73. The number of rotatable bonds is 9. The van der Waals surface area contributed by atoms with Crippen molar-refractivity contribution in [3.63, 3.8) is 0 Å². The molecule has 0 aromatic rings. The van der Waals surface area contributed by atoms with Gasteiger partial charge in [-0.3, -0.25) is 4.99 Å². The van der Waals surface area contributed by atoms with Gasteiger partial charge in [-0.15, -0.1) is 0 Å². The largest absolute Gasteiger partial charge is 0.357 e. The zero-order valence-electron chi connectivity index (χ0n) is 14.3. The Kier molecular flexibility index (Phi) is 8.78. The second kappa shape index (κ2) is 10.0. The molecule has 0 aliphatic carbocycles. The second-order valence-electron chi connectivity index (χ2n) is 6.13. The van der Waals surface area contributed by atoms with Gasteiger partial charge < -0.3 is 15.5 Å². The fraction of sp³-hybridized carbons (Fsp3) is 0.933. The number of nitrogens with zero attached hydrogens (tertiary/aromatic N) is 2. The molecule has 0 amide bonds. The Bertz CT molecular complexity index is 431. The van der Waals surface area contributed by atoms with Crippen molar-refractivity contribution in [1.29, 1.82) is 0 Å². The minimum atomic E-state index is -2.90. The molecule has 1 heterocycles. The van der Waals surface area contributed by atoms with Crippen LogP contribution < -0.4 is 10.6 Å². The summed E-state index contributed by atoms with van der Waals surface area (Å²) < 4.78 is 22.4. The minimum Gasteiger partial charge on any atom is -0.357 e. The van der Waals surface area contributed by atoms with Gasteiger partial charge in [0.25, 0.3) is 0 Å². The van der Waals surface area contributed by atoms with Crippen molar-refractivity contribution in [1.82, 2.24) is 15.5 Å². The van der Waals surface area contributed by atoms with Gasteiger partial charge in [0.05, 0.1) is 5.75 Å². The van der Waals surface area contributed by atoms with Crippen LogP contribution in [-0.4, -0.2) is 70.1 Å². The number of hydrogen-bond acceptors (Lipinski definition) is 4. The standard InChI is InChI=1S/C15H32N4O2S/c1-4-16-15(18-14(2)8-13-22(3,20)21)17-9-7-12-19-10-5-6-11-19/h14H,4-13H2,1-3H3,(H2,16,17,18). The van der Waals surface area contributed by atoms with Gasteiger partial charge in [0.2, 0.25) is 0 Å². The first kappa shape index (κ1) is 19.2. The first-order valence-electron chi connectivity index (χ1n) is 8.35. The predicted octanol–water partition coefficient (Wildman–Crippen LogP) is 0.851. The van der Waals surface area contributed by atoms with Crippen LogP contribution in [0.2, 0.25) is 0 Å². The summed E-state index contributed by atoms with van der Waals surface area (Å²) in [4.78, 5) is 7.07. The minimum absolute atomic E-state index is 0.0890. The molecule has 130 valence electrons. The maximum atomic E-state index is 11.2. The van der Waals surface area contributed by atoms with Gasteiger partial charge in [-0.25, -0.2) is 8.42 Å². The molecule has 1 atom stereocenters. The van der Waals surface area contributed by atoms with E-state index >= 15 is 0 Å². The van der Waals surface area contributed by atoms with Crippen LogP contribution in [0.25, 0.3) is 0 Å². The van der Waals surface area contributed by atoms with E-state index in [9.17, 15) is 8.42 Å². The van der Waals surface area contributed by atoms with E-state index in [0.717, 1.165) is 32.0 Å². The van der Waals surface area contributed by atoms with Crippen molar-refractivity contribution < 1.29 is 8.42 Å². The van der Waals surface area contributed by atoms with Crippen LogP contribution in [0, 0.1) is 0 Å². The Labute approximate surface area is 135 Å². The van der Waals surface area contributed by atoms with Gasteiger partial charge in [-0.2, -0.15) is 0 Å². The second-order valence-corrected chi connectivity index (χ2v) is 8.39. The molecule has 0 bridgehead atoms. The van der Waals surface area contributed by atoms with Crippen molar-refractivity contribution >= 4 is 15.8 Å². The summed E-state index contributed by atoms with van der Waals surface area (Å²) in [5.41, 5.74) is 0. The van der Waals surface area contributed by atoms with Crippen LogP contribution in [0.15, 0.2) is 4.99 Å². The fourth-order valence-electron chi connectivity index (χ4n) is 2.51. The summed E-state index contributed by atoms with van der Waals surface area (Å²) in [5, 5.41) is 6.49. The van der Waals surface area contributed by atoms with Crippen LogP contribution in [0.4, 0.5) is 0 Å². The molecule has 22 heavy (non-hydrogen) atoms. The van der Waals surface area contributed by atoms with Crippen LogP contribution in [0.1, 0.15) is 39.5 Å². The Hall–Kier alpha value is -0.820. The van der Waals surface area contributed by atoms with Gasteiger partial charge >= 0.3 is 0 Å². The van der Waals surface area contributed by atoms with Crippen molar-refractivity contribution in [2.75, 3.05) is 44.7 Å². The van der Waals surface area contributed by atoms with Crippen LogP contribution in [0.3, 0.4) is 0 Å². The van der Waals surface area contributed by atoms with E-state index < -0.39 is 9.84 Å². The maximum Gasteiger partial charge on any atom is 0.191 e. The lowest BCUT2D eigenvalue weighted by atomic mass is 10.3. The van der Waals surface area contributed by atoms with E-state index in [1.165, 1.54) is 32.2 Å². The monoisotopic (exact) mass is 332 g/mol. The highest BCUT2D eigenvalue weighted by Crippen LogP contribution is 2.07. The molecule has 2 N–H and O–H groups in total. The molecule has 1 aliphatic rings. The van der Waals surface area contributed by atoms with Gasteiger partial charge in [0, 0.05) is 25.4 Å². The third-order valence-electron chi connectivity index (χ3n) is 3.75. The molecule has 1 aliphatic heterocycles. The molecule has 0 saturated carbocycles. The predicted molar refractivity (Wildman–Crippen MR) is 93.2 cm³/mol. The van der Waals surface area contributed by atoms with Crippen molar-refractivity contribution in [3.05, 3.63) is 0 Å². The lowest BCUT2D eigenvalue weighted by molar-refractivity contribution is 0.336. The molecule has 0 radical (unpaired) electrons. The summed E-state index contributed by atoms with van der Waals surface area (Å²) in [7, 11) is -2.90. The molecule has 6 nitrogen and oxygen atoms in total. The van der Waals surface area contributed by atoms with Crippen molar-refractivity contribution in [3.8, 4) is 0 Å². The van der Waals surface area contributed by atoms with Crippen LogP contribution >= 0.6 is 0 Å². The average Bonchev–Trinajstić information content (AvgIpc) is 2.94. The number of sulfone groups is 1. The van der Waals surface area contributed by atoms with Gasteiger partial charge in [-0.05, 0) is 59.2 Å². The first-order valence-corrected chi connectivity index (χ1v) is 10.4. The quantitative estimate of drug-likeness (QED) is 0.372. The topological polar surface area (TPSA) is 73.8 Å². The Morgan fingerprint density at radius 1 is 1.32 bits per heavy atom. The summed E-state index contributed by atoms with van der Waals surface area (Å²) >= 11 is 0. The zero-order chi connectivity index (χ0) is 16.4. The molecule has 0 spiro atoms. The molecule has 1 rings (SSSR count). The summed E-state index contributed by atoms with van der Waals surface area (Å²) in [6, 6.07) is 0.0890. The Morgan fingerprint density at radius 2 is 2.00 bits per heavy atom. The SMILES string of the molecule is CCNC(=NCCCN1CCCC1)NC(C)CCS(C)(=O)=O. The average molecular weight is 333 g/mol. The summed E-state index contributed by atoms with van der Waals surface area (Å²) in [6.07, 6.45) is 5.58. The number of guanidine groups is 1. The number of likely N-dealkylation sites (tertiary alicyclic amines) is 1. The van der Waals surface area contributed by atoms with Gasteiger partial charge in [0.1, 0.15) is 9.84 Å². The maximum absolute atomic E-state index is 11.2.